The van der Waals surface area contributed by atoms with Crippen molar-refractivity contribution in [2.45, 2.75) is 33.9 Å². The molecule has 0 N–H and O–H groups in total. The van der Waals surface area contributed by atoms with Crippen LogP contribution in [0.5, 0.6) is 0 Å². The smallest absolute Gasteiger partial charge is 0.166 e. The van der Waals surface area contributed by atoms with E-state index in [4.69, 9.17) is 0 Å². The van der Waals surface area contributed by atoms with Gasteiger partial charge in [-0.25, -0.2) is 0 Å². The van der Waals surface area contributed by atoms with Crippen LogP contribution >= 0.6 is 0 Å². The summed E-state index contributed by atoms with van der Waals surface area (Å²) >= 11 is 0. The van der Waals surface area contributed by atoms with Crippen molar-refractivity contribution in [1.82, 2.24) is 0 Å². The van der Waals surface area contributed by atoms with E-state index < -0.39 is 11.7 Å². The number of hydrogen-bond donors (Lipinski definition) is 0. The van der Waals surface area contributed by atoms with E-state index >= 15 is 0 Å². The van der Waals surface area contributed by atoms with Crippen LogP contribution in [-0.2, 0) is 6.18 Å². The fraction of sp³-hybridized carbons (Fsp3) is 0.294. The summed E-state index contributed by atoms with van der Waals surface area (Å²) in [5.41, 5.74) is 3.42. The molecule has 0 unspecified atom stereocenters. The molecule has 0 saturated carbocycles. The first kappa shape index (κ1) is 16.3. The van der Waals surface area contributed by atoms with E-state index in [1.807, 2.05) is 45.9 Å². The normalized spacial score (nSPS) is 10.8. The SMILES string of the molecule is CC.Cc1ccc(-c2ccc(C(F)(F)F)cc2)cc1C. The Labute approximate surface area is 118 Å². The first-order chi connectivity index (χ1) is 9.38. The van der Waals surface area contributed by atoms with Crippen molar-refractivity contribution in [3.05, 3.63) is 59.2 Å². The van der Waals surface area contributed by atoms with E-state index in [2.05, 4.69) is 0 Å². The highest BCUT2D eigenvalue weighted by Gasteiger charge is 2.29. The number of alkyl halides is 3. The van der Waals surface area contributed by atoms with E-state index in [1.54, 1.807) is 0 Å². The van der Waals surface area contributed by atoms with Gasteiger partial charge in [0.15, 0.2) is 0 Å². The molecule has 2 aromatic carbocycles. The Morgan fingerprint density at radius 3 is 1.65 bits per heavy atom. The average Bonchev–Trinajstić information content (AvgIpc) is 2.43. The number of rotatable bonds is 1. The number of aryl methyl sites for hydroxylation is 2. The van der Waals surface area contributed by atoms with Gasteiger partial charge in [-0.3, -0.25) is 0 Å². The minimum absolute atomic E-state index is 0.616. The van der Waals surface area contributed by atoms with Crippen molar-refractivity contribution >= 4 is 0 Å². The largest absolute Gasteiger partial charge is 0.416 e. The van der Waals surface area contributed by atoms with Crippen molar-refractivity contribution in [3.8, 4) is 11.1 Å². The van der Waals surface area contributed by atoms with Gasteiger partial charge in [-0.2, -0.15) is 13.2 Å². The fourth-order valence-corrected chi connectivity index (χ4v) is 1.77. The molecule has 0 aliphatic carbocycles. The van der Waals surface area contributed by atoms with Crippen LogP contribution < -0.4 is 0 Å². The molecular formula is C17H19F3. The van der Waals surface area contributed by atoms with Gasteiger partial charge >= 0.3 is 6.18 Å². The Morgan fingerprint density at radius 1 is 0.700 bits per heavy atom. The van der Waals surface area contributed by atoms with Crippen molar-refractivity contribution in [2.75, 3.05) is 0 Å². The van der Waals surface area contributed by atoms with Crippen LogP contribution in [0.25, 0.3) is 11.1 Å². The highest BCUT2D eigenvalue weighted by atomic mass is 19.4. The standard InChI is InChI=1S/C15H13F3.C2H6/c1-10-3-4-13(9-11(10)2)12-5-7-14(8-6-12)15(16,17)18;1-2/h3-9H,1-2H3;1-2H3. The maximum atomic E-state index is 12.4. The third-order valence-electron chi connectivity index (χ3n) is 3.05. The van der Waals surface area contributed by atoms with Crippen LogP contribution in [0.1, 0.15) is 30.5 Å². The second-order valence-electron chi connectivity index (χ2n) is 4.37. The average molecular weight is 280 g/mol. The molecule has 0 aromatic heterocycles. The molecule has 0 aliphatic rings. The van der Waals surface area contributed by atoms with Crippen LogP contribution in [-0.4, -0.2) is 0 Å². The Morgan fingerprint density at radius 2 is 1.20 bits per heavy atom. The van der Waals surface area contributed by atoms with E-state index in [0.717, 1.165) is 28.8 Å². The summed E-state index contributed by atoms with van der Waals surface area (Å²) in [5, 5.41) is 0. The summed E-state index contributed by atoms with van der Waals surface area (Å²) in [4.78, 5) is 0. The molecule has 0 atom stereocenters. The predicted molar refractivity (Wildman–Crippen MR) is 77.7 cm³/mol. The summed E-state index contributed by atoms with van der Waals surface area (Å²) in [5.74, 6) is 0. The minimum atomic E-state index is -4.28. The molecule has 0 saturated heterocycles. The van der Waals surface area contributed by atoms with Gasteiger partial charge < -0.3 is 0 Å². The van der Waals surface area contributed by atoms with Crippen molar-refractivity contribution < 1.29 is 13.2 Å². The summed E-state index contributed by atoms with van der Waals surface area (Å²) in [7, 11) is 0. The van der Waals surface area contributed by atoms with Crippen LogP contribution in [0, 0.1) is 13.8 Å². The molecule has 0 bridgehead atoms. The Kier molecular flexibility index (Phi) is 5.37. The topological polar surface area (TPSA) is 0 Å². The first-order valence-corrected chi connectivity index (χ1v) is 6.63. The molecule has 0 fully saturated rings. The van der Waals surface area contributed by atoms with Crippen LogP contribution in [0.2, 0.25) is 0 Å². The molecule has 2 rings (SSSR count). The number of halogens is 3. The van der Waals surface area contributed by atoms with Gasteiger partial charge in [0.25, 0.3) is 0 Å². The summed E-state index contributed by atoms with van der Waals surface area (Å²) in [6, 6.07) is 11.1. The zero-order valence-electron chi connectivity index (χ0n) is 12.2. The second kappa shape index (κ2) is 6.60. The Bertz CT molecular complexity index is 551. The van der Waals surface area contributed by atoms with Gasteiger partial charge in [-0.15, -0.1) is 0 Å². The van der Waals surface area contributed by atoms with E-state index in [1.165, 1.54) is 17.7 Å². The maximum absolute atomic E-state index is 12.4. The molecule has 0 spiro atoms. The van der Waals surface area contributed by atoms with Crippen LogP contribution in [0.4, 0.5) is 13.2 Å². The predicted octanol–water partition coefficient (Wildman–Crippen LogP) is 6.02. The minimum Gasteiger partial charge on any atom is -0.166 e. The molecule has 0 nitrogen and oxygen atoms in total. The lowest BCUT2D eigenvalue weighted by Gasteiger charge is -2.09. The van der Waals surface area contributed by atoms with Crippen molar-refractivity contribution in [3.63, 3.8) is 0 Å². The monoisotopic (exact) mass is 280 g/mol. The Balaban J connectivity index is 0.000000956. The lowest BCUT2D eigenvalue weighted by molar-refractivity contribution is -0.137. The molecule has 0 amide bonds. The highest BCUT2D eigenvalue weighted by molar-refractivity contribution is 5.65. The van der Waals surface area contributed by atoms with E-state index in [-0.39, 0.29) is 0 Å². The highest BCUT2D eigenvalue weighted by Crippen LogP contribution is 2.31. The molecule has 0 aliphatic heterocycles. The number of benzene rings is 2. The molecule has 20 heavy (non-hydrogen) atoms. The molecule has 0 radical (unpaired) electrons. The van der Waals surface area contributed by atoms with Crippen LogP contribution in [0.15, 0.2) is 42.5 Å². The number of hydrogen-bond acceptors (Lipinski definition) is 0. The van der Waals surface area contributed by atoms with Crippen molar-refractivity contribution in [2.24, 2.45) is 0 Å². The third-order valence-corrected chi connectivity index (χ3v) is 3.05. The Hall–Kier alpha value is -1.77. The first-order valence-electron chi connectivity index (χ1n) is 6.63. The molecule has 0 heterocycles. The van der Waals surface area contributed by atoms with Crippen LogP contribution in [0.3, 0.4) is 0 Å². The van der Waals surface area contributed by atoms with E-state index in [0.29, 0.717) is 0 Å². The zero-order valence-corrected chi connectivity index (χ0v) is 12.2. The molecule has 3 heteroatoms. The summed E-state index contributed by atoms with van der Waals surface area (Å²) in [6.45, 7) is 7.99. The van der Waals surface area contributed by atoms with Crippen molar-refractivity contribution in [1.29, 1.82) is 0 Å². The fourth-order valence-electron chi connectivity index (χ4n) is 1.77. The van der Waals surface area contributed by atoms with E-state index in [9.17, 15) is 13.2 Å². The second-order valence-corrected chi connectivity index (χ2v) is 4.37. The molecule has 108 valence electrons. The van der Waals surface area contributed by atoms with Gasteiger partial charge in [-0.05, 0) is 48.2 Å². The maximum Gasteiger partial charge on any atom is 0.416 e. The van der Waals surface area contributed by atoms with Gasteiger partial charge in [0.05, 0.1) is 5.56 Å². The van der Waals surface area contributed by atoms with Gasteiger partial charge in [-0.1, -0.05) is 44.2 Å². The zero-order chi connectivity index (χ0) is 15.3. The van der Waals surface area contributed by atoms with Gasteiger partial charge in [0, 0.05) is 0 Å². The third kappa shape index (κ3) is 3.86. The lowest BCUT2D eigenvalue weighted by atomic mass is 9.99. The quantitative estimate of drug-likeness (QED) is 0.599. The summed E-state index contributed by atoms with van der Waals surface area (Å²) < 4.78 is 37.3. The molecule has 2 aromatic rings. The molecular weight excluding hydrogens is 261 g/mol. The van der Waals surface area contributed by atoms with Gasteiger partial charge in [0.1, 0.15) is 0 Å². The summed E-state index contributed by atoms with van der Waals surface area (Å²) in [6.07, 6.45) is -4.28. The van der Waals surface area contributed by atoms with Gasteiger partial charge in [0.2, 0.25) is 0 Å². The lowest BCUT2D eigenvalue weighted by Crippen LogP contribution is -2.03.